The number of imidazole rings is 1. The third-order valence-corrected chi connectivity index (χ3v) is 6.49. The van der Waals surface area contributed by atoms with Gasteiger partial charge < -0.3 is 4.84 Å². The Labute approximate surface area is 180 Å². The van der Waals surface area contributed by atoms with Crippen molar-refractivity contribution in [1.82, 2.24) is 9.38 Å². The maximum absolute atomic E-state index is 6.17. The fourth-order valence-electron chi connectivity index (χ4n) is 2.55. The molecule has 2 aromatic heterocycles. The van der Waals surface area contributed by atoms with Gasteiger partial charge in [-0.1, -0.05) is 63.9 Å². The molecular formula is C20H15Cl2N3OS2. The third-order valence-electron chi connectivity index (χ3n) is 4.02. The Morgan fingerprint density at radius 1 is 1.18 bits per heavy atom. The highest BCUT2D eigenvalue weighted by atomic mass is 35.5. The van der Waals surface area contributed by atoms with Gasteiger partial charge in [0.05, 0.1) is 6.21 Å². The lowest BCUT2D eigenvalue weighted by Crippen LogP contribution is -1.94. The van der Waals surface area contributed by atoms with Crippen molar-refractivity contribution >= 4 is 57.5 Å². The van der Waals surface area contributed by atoms with Crippen molar-refractivity contribution in [3.05, 3.63) is 80.9 Å². The molecule has 0 aliphatic rings. The molecule has 2 heterocycles. The van der Waals surface area contributed by atoms with Gasteiger partial charge >= 0.3 is 0 Å². The molecule has 142 valence electrons. The van der Waals surface area contributed by atoms with Crippen LogP contribution in [0.4, 0.5) is 0 Å². The Kier molecular flexibility index (Phi) is 5.92. The summed E-state index contributed by atoms with van der Waals surface area (Å²) in [5.74, 6) is 0. The van der Waals surface area contributed by atoms with Crippen LogP contribution in [0.3, 0.4) is 0 Å². The van der Waals surface area contributed by atoms with Gasteiger partial charge in [0, 0.05) is 32.1 Å². The molecule has 0 bridgehead atoms. The number of halogens is 2. The van der Waals surface area contributed by atoms with E-state index in [2.05, 4.69) is 36.3 Å². The summed E-state index contributed by atoms with van der Waals surface area (Å²) in [6.07, 6.45) is 3.65. The Balaban J connectivity index is 1.54. The summed E-state index contributed by atoms with van der Waals surface area (Å²) < 4.78 is 2.00. The number of rotatable bonds is 6. The van der Waals surface area contributed by atoms with E-state index in [4.69, 9.17) is 33.0 Å². The lowest BCUT2D eigenvalue weighted by Gasteiger charge is -2.05. The van der Waals surface area contributed by atoms with E-state index >= 15 is 0 Å². The van der Waals surface area contributed by atoms with Gasteiger partial charge in [0.1, 0.15) is 17.3 Å². The zero-order valence-electron chi connectivity index (χ0n) is 14.8. The molecule has 2 aromatic carbocycles. The summed E-state index contributed by atoms with van der Waals surface area (Å²) in [5.41, 5.74) is 2.81. The predicted molar refractivity (Wildman–Crippen MR) is 117 cm³/mol. The van der Waals surface area contributed by atoms with Gasteiger partial charge in [-0.25, -0.2) is 4.98 Å². The van der Waals surface area contributed by atoms with Crippen LogP contribution in [0.2, 0.25) is 10.0 Å². The molecule has 0 unspecified atom stereocenters. The van der Waals surface area contributed by atoms with Crippen LogP contribution in [0.15, 0.2) is 69.1 Å². The van der Waals surface area contributed by atoms with E-state index in [9.17, 15) is 0 Å². The largest absolute Gasteiger partial charge is 0.391 e. The first-order valence-corrected chi connectivity index (χ1v) is 10.9. The molecule has 0 aliphatic carbocycles. The molecule has 8 heteroatoms. The van der Waals surface area contributed by atoms with Gasteiger partial charge in [0.15, 0.2) is 4.96 Å². The number of thiazole rings is 1. The van der Waals surface area contributed by atoms with Gasteiger partial charge in [0.2, 0.25) is 0 Å². The van der Waals surface area contributed by atoms with Gasteiger partial charge in [0.25, 0.3) is 0 Å². The highest BCUT2D eigenvalue weighted by Crippen LogP contribution is 2.31. The molecule has 4 nitrogen and oxygen atoms in total. The van der Waals surface area contributed by atoms with Gasteiger partial charge in [-0.05, 0) is 31.2 Å². The number of benzene rings is 2. The van der Waals surface area contributed by atoms with Gasteiger partial charge in [-0.2, -0.15) is 0 Å². The molecule has 0 atom stereocenters. The lowest BCUT2D eigenvalue weighted by molar-refractivity contribution is 0.132. The topological polar surface area (TPSA) is 38.9 Å². The van der Waals surface area contributed by atoms with E-state index in [1.807, 2.05) is 16.0 Å². The third kappa shape index (κ3) is 4.20. The van der Waals surface area contributed by atoms with Crippen molar-refractivity contribution in [2.24, 2.45) is 5.16 Å². The summed E-state index contributed by atoms with van der Waals surface area (Å²) in [4.78, 5) is 12.2. The van der Waals surface area contributed by atoms with Crippen molar-refractivity contribution in [3.8, 4) is 0 Å². The standard InChI is InChI=1S/C20H15Cl2N3OS2/c1-13-5-7-14(8-6-13)28-19-18(25-9-10-27-20(25)24-19)11-23-26-12-15-16(21)3-2-4-17(15)22/h2-11H,12H2,1H3. The van der Waals surface area contributed by atoms with Crippen molar-refractivity contribution in [2.45, 2.75) is 23.5 Å². The first kappa shape index (κ1) is 19.3. The minimum Gasteiger partial charge on any atom is -0.391 e. The fourth-order valence-corrected chi connectivity index (χ4v) is 4.72. The van der Waals surface area contributed by atoms with E-state index in [0.29, 0.717) is 15.6 Å². The molecule has 0 saturated carbocycles. The van der Waals surface area contributed by atoms with Crippen molar-refractivity contribution in [3.63, 3.8) is 0 Å². The van der Waals surface area contributed by atoms with E-state index < -0.39 is 0 Å². The Bertz CT molecular complexity index is 1120. The van der Waals surface area contributed by atoms with Crippen LogP contribution in [0.5, 0.6) is 0 Å². The number of fused-ring (bicyclic) bond motifs is 1. The van der Waals surface area contributed by atoms with E-state index in [0.717, 1.165) is 20.6 Å². The molecule has 0 N–H and O–H groups in total. The first-order valence-electron chi connectivity index (χ1n) is 8.40. The number of nitrogens with zero attached hydrogens (tertiary/aromatic N) is 3. The molecule has 0 spiro atoms. The summed E-state index contributed by atoms with van der Waals surface area (Å²) in [5, 5.41) is 8.11. The van der Waals surface area contributed by atoms with Crippen LogP contribution in [-0.2, 0) is 11.4 Å². The second-order valence-corrected chi connectivity index (χ2v) is 8.73. The maximum atomic E-state index is 6.17. The molecule has 0 saturated heterocycles. The molecule has 28 heavy (non-hydrogen) atoms. The summed E-state index contributed by atoms with van der Waals surface area (Å²) in [6, 6.07) is 13.7. The molecule has 0 aliphatic heterocycles. The zero-order valence-corrected chi connectivity index (χ0v) is 17.9. The second kappa shape index (κ2) is 8.57. The fraction of sp³-hybridized carbons (Fsp3) is 0.100. The summed E-state index contributed by atoms with van der Waals surface area (Å²) in [7, 11) is 0. The SMILES string of the molecule is Cc1ccc(Sc2nc3sccn3c2C=NOCc2c(Cl)cccc2Cl)cc1. The second-order valence-electron chi connectivity index (χ2n) is 5.98. The Morgan fingerprint density at radius 3 is 2.68 bits per heavy atom. The number of hydrogen-bond acceptors (Lipinski definition) is 5. The monoisotopic (exact) mass is 447 g/mol. The van der Waals surface area contributed by atoms with Crippen LogP contribution in [0.25, 0.3) is 4.96 Å². The van der Waals surface area contributed by atoms with Crippen LogP contribution in [0, 0.1) is 6.92 Å². The average molecular weight is 448 g/mol. The van der Waals surface area contributed by atoms with Crippen LogP contribution >= 0.6 is 46.3 Å². The molecule has 0 amide bonds. The normalized spacial score (nSPS) is 11.5. The highest BCUT2D eigenvalue weighted by molar-refractivity contribution is 7.99. The molecule has 0 fully saturated rings. The van der Waals surface area contributed by atoms with E-state index in [1.54, 1.807) is 47.5 Å². The smallest absolute Gasteiger partial charge is 0.195 e. The van der Waals surface area contributed by atoms with Crippen molar-refractivity contribution in [2.75, 3.05) is 0 Å². The molecule has 0 radical (unpaired) electrons. The molecule has 4 aromatic rings. The number of oxime groups is 1. The average Bonchev–Trinajstić information content (AvgIpc) is 3.24. The Hall–Kier alpha value is -1.99. The van der Waals surface area contributed by atoms with Crippen molar-refractivity contribution in [1.29, 1.82) is 0 Å². The van der Waals surface area contributed by atoms with Crippen LogP contribution in [-0.4, -0.2) is 15.6 Å². The summed E-state index contributed by atoms with van der Waals surface area (Å²) >= 11 is 15.5. The molecule has 4 rings (SSSR count). The van der Waals surface area contributed by atoms with Gasteiger partial charge in [-0.3, -0.25) is 4.40 Å². The summed E-state index contributed by atoms with van der Waals surface area (Å²) in [6.45, 7) is 2.27. The van der Waals surface area contributed by atoms with E-state index in [1.165, 1.54) is 5.56 Å². The lowest BCUT2D eigenvalue weighted by atomic mass is 10.2. The zero-order chi connectivity index (χ0) is 19.5. The van der Waals surface area contributed by atoms with E-state index in [-0.39, 0.29) is 6.61 Å². The minimum atomic E-state index is 0.195. The molecular weight excluding hydrogens is 433 g/mol. The Morgan fingerprint density at radius 2 is 1.93 bits per heavy atom. The number of aryl methyl sites for hydroxylation is 1. The van der Waals surface area contributed by atoms with Gasteiger partial charge in [-0.15, -0.1) is 11.3 Å². The predicted octanol–water partition coefficient (Wildman–Crippen LogP) is 6.71. The number of aromatic nitrogens is 2. The quantitative estimate of drug-likeness (QED) is 0.243. The van der Waals surface area contributed by atoms with Crippen molar-refractivity contribution < 1.29 is 4.84 Å². The first-order chi connectivity index (χ1) is 13.6. The highest BCUT2D eigenvalue weighted by Gasteiger charge is 2.13. The van der Waals surface area contributed by atoms with Crippen LogP contribution < -0.4 is 0 Å². The number of hydrogen-bond donors (Lipinski definition) is 0. The minimum absolute atomic E-state index is 0.195. The van der Waals surface area contributed by atoms with Crippen LogP contribution in [0.1, 0.15) is 16.8 Å². The maximum Gasteiger partial charge on any atom is 0.195 e.